The maximum absolute atomic E-state index is 13.5. The number of benzene rings is 1. The van der Waals surface area contributed by atoms with E-state index in [-0.39, 0.29) is 41.9 Å². The van der Waals surface area contributed by atoms with Crippen molar-refractivity contribution in [1.82, 2.24) is 21.3 Å². The van der Waals surface area contributed by atoms with Crippen molar-refractivity contribution in [3.8, 4) is 5.75 Å². The Morgan fingerprint density at radius 1 is 0.865 bits per heavy atom. The maximum Gasteiger partial charge on any atom is 0.243 e. The Morgan fingerprint density at radius 2 is 1.43 bits per heavy atom. The van der Waals surface area contributed by atoms with Crippen LogP contribution in [0.25, 0.3) is 0 Å². The van der Waals surface area contributed by atoms with Gasteiger partial charge in [0, 0.05) is 12.5 Å². The van der Waals surface area contributed by atoms with E-state index in [1.807, 2.05) is 20.8 Å². The quantitative estimate of drug-likeness (QED) is 0.174. The average molecular weight is 520 g/mol. The van der Waals surface area contributed by atoms with Gasteiger partial charge in [0.15, 0.2) is 0 Å². The van der Waals surface area contributed by atoms with Gasteiger partial charge in [-0.1, -0.05) is 53.2 Å². The van der Waals surface area contributed by atoms with Crippen LogP contribution < -0.4 is 27.0 Å². The molecule has 0 bridgehead atoms. The van der Waals surface area contributed by atoms with Crippen molar-refractivity contribution in [3.63, 3.8) is 0 Å². The van der Waals surface area contributed by atoms with Crippen LogP contribution in [0, 0.1) is 11.8 Å². The SMILES string of the molecule is CCC(NC(=O)C(CC(C)C)NC(=O)C(Cc1ccc(O)cc1)NC(=O)C(CCCCN)NC)C(C)C. The molecule has 0 aliphatic heterocycles. The number of rotatable bonds is 17. The van der Waals surface area contributed by atoms with E-state index in [1.165, 1.54) is 0 Å². The molecule has 0 aromatic heterocycles. The number of hydrogen-bond donors (Lipinski definition) is 6. The second-order valence-corrected chi connectivity index (χ2v) is 10.5. The van der Waals surface area contributed by atoms with Gasteiger partial charge in [-0.2, -0.15) is 0 Å². The van der Waals surface area contributed by atoms with Gasteiger partial charge in [-0.15, -0.1) is 0 Å². The van der Waals surface area contributed by atoms with Gasteiger partial charge >= 0.3 is 0 Å². The first kappa shape index (κ1) is 32.4. The highest BCUT2D eigenvalue weighted by Crippen LogP contribution is 2.14. The molecule has 0 aliphatic rings. The summed E-state index contributed by atoms with van der Waals surface area (Å²) >= 11 is 0. The number of unbranched alkanes of at least 4 members (excludes halogenated alkanes) is 1. The van der Waals surface area contributed by atoms with Gasteiger partial charge in [-0.05, 0) is 68.8 Å². The van der Waals surface area contributed by atoms with Crippen molar-refractivity contribution >= 4 is 17.7 Å². The smallest absolute Gasteiger partial charge is 0.243 e. The van der Waals surface area contributed by atoms with E-state index in [4.69, 9.17) is 5.73 Å². The van der Waals surface area contributed by atoms with Gasteiger partial charge in [0.1, 0.15) is 17.8 Å². The molecule has 9 nitrogen and oxygen atoms in total. The molecule has 0 fully saturated rings. The van der Waals surface area contributed by atoms with E-state index in [0.717, 1.165) is 24.8 Å². The number of amides is 3. The molecule has 0 spiro atoms. The van der Waals surface area contributed by atoms with Crippen molar-refractivity contribution < 1.29 is 19.5 Å². The summed E-state index contributed by atoms with van der Waals surface area (Å²) in [6, 6.07) is 4.45. The minimum Gasteiger partial charge on any atom is -0.508 e. The summed E-state index contributed by atoms with van der Waals surface area (Å²) in [7, 11) is 1.71. The fraction of sp³-hybridized carbons (Fsp3) is 0.679. The second-order valence-electron chi connectivity index (χ2n) is 10.5. The lowest BCUT2D eigenvalue weighted by Gasteiger charge is -2.28. The molecule has 4 atom stereocenters. The highest BCUT2D eigenvalue weighted by molar-refractivity contribution is 5.93. The first-order valence-corrected chi connectivity index (χ1v) is 13.6. The zero-order valence-corrected chi connectivity index (χ0v) is 23.5. The molecule has 0 saturated heterocycles. The lowest BCUT2D eigenvalue weighted by molar-refractivity contribution is -0.133. The molecule has 1 aromatic carbocycles. The molecule has 0 aliphatic carbocycles. The standard InChI is InChI=1S/C28H49N5O4/c1-7-22(19(4)5)31-27(36)24(16-18(2)3)32-28(37)25(17-20-11-13-21(34)14-12-20)33-26(35)23(30-6)10-8-9-15-29/h11-14,18-19,22-25,30,34H,7-10,15-17,29H2,1-6H3,(H,31,36)(H,32,37)(H,33,35). The first-order chi connectivity index (χ1) is 17.5. The highest BCUT2D eigenvalue weighted by Gasteiger charge is 2.30. The van der Waals surface area contributed by atoms with Crippen molar-refractivity contribution in [3.05, 3.63) is 29.8 Å². The molecular weight excluding hydrogens is 470 g/mol. The van der Waals surface area contributed by atoms with Crippen LogP contribution >= 0.6 is 0 Å². The lowest BCUT2D eigenvalue weighted by atomic mass is 9.98. The van der Waals surface area contributed by atoms with Crippen LogP contribution in [0.15, 0.2) is 24.3 Å². The molecule has 3 amide bonds. The summed E-state index contributed by atoms with van der Waals surface area (Å²) in [6.45, 7) is 10.7. The Balaban J connectivity index is 3.11. The van der Waals surface area contributed by atoms with Crippen molar-refractivity contribution in [2.45, 2.75) is 97.3 Å². The van der Waals surface area contributed by atoms with E-state index in [0.29, 0.717) is 19.4 Å². The van der Waals surface area contributed by atoms with Crippen LogP contribution in [0.5, 0.6) is 5.75 Å². The Kier molecular flexibility index (Phi) is 14.9. The van der Waals surface area contributed by atoms with Crippen LogP contribution in [-0.4, -0.2) is 60.6 Å². The number of phenolic OH excluding ortho intramolecular Hbond substituents is 1. The van der Waals surface area contributed by atoms with Crippen LogP contribution in [0.1, 0.15) is 72.3 Å². The molecule has 0 radical (unpaired) electrons. The largest absolute Gasteiger partial charge is 0.508 e. The fourth-order valence-corrected chi connectivity index (χ4v) is 4.25. The van der Waals surface area contributed by atoms with Gasteiger partial charge in [-0.25, -0.2) is 0 Å². The van der Waals surface area contributed by atoms with Crippen molar-refractivity contribution in [1.29, 1.82) is 0 Å². The van der Waals surface area contributed by atoms with Crippen LogP contribution in [0.4, 0.5) is 0 Å². The number of carbonyl (C=O) groups is 3. The van der Waals surface area contributed by atoms with Gasteiger partial charge in [-0.3, -0.25) is 14.4 Å². The summed E-state index contributed by atoms with van der Waals surface area (Å²) < 4.78 is 0. The van der Waals surface area contributed by atoms with Crippen molar-refractivity contribution in [2.75, 3.05) is 13.6 Å². The van der Waals surface area contributed by atoms with Crippen LogP contribution in [-0.2, 0) is 20.8 Å². The molecule has 37 heavy (non-hydrogen) atoms. The zero-order valence-electron chi connectivity index (χ0n) is 23.5. The minimum atomic E-state index is -0.892. The molecule has 0 heterocycles. The third-order valence-electron chi connectivity index (χ3n) is 6.53. The summed E-state index contributed by atoms with van der Waals surface area (Å²) in [6.07, 6.45) is 3.68. The number of hydrogen-bond acceptors (Lipinski definition) is 6. The Bertz CT molecular complexity index is 828. The number of nitrogens with one attached hydrogen (secondary N) is 4. The highest BCUT2D eigenvalue weighted by atomic mass is 16.3. The molecule has 1 rings (SSSR count). The fourth-order valence-electron chi connectivity index (χ4n) is 4.25. The second kappa shape index (κ2) is 17.0. The molecule has 0 saturated carbocycles. The van der Waals surface area contributed by atoms with Gasteiger partial charge in [0.2, 0.25) is 17.7 Å². The Labute approximate surface area is 222 Å². The number of carbonyl (C=O) groups excluding carboxylic acids is 3. The van der Waals surface area contributed by atoms with E-state index in [9.17, 15) is 19.5 Å². The average Bonchev–Trinajstić information content (AvgIpc) is 2.84. The zero-order chi connectivity index (χ0) is 28.0. The summed E-state index contributed by atoms with van der Waals surface area (Å²) in [4.78, 5) is 39.8. The number of aromatic hydroxyl groups is 1. The number of phenols is 1. The van der Waals surface area contributed by atoms with E-state index >= 15 is 0 Å². The molecule has 210 valence electrons. The minimum absolute atomic E-state index is 0.0106. The molecular formula is C28H49N5O4. The Morgan fingerprint density at radius 3 is 1.95 bits per heavy atom. The lowest BCUT2D eigenvalue weighted by Crippen LogP contribution is -2.57. The van der Waals surface area contributed by atoms with Crippen molar-refractivity contribution in [2.24, 2.45) is 17.6 Å². The van der Waals surface area contributed by atoms with E-state index in [1.54, 1.807) is 31.3 Å². The van der Waals surface area contributed by atoms with Gasteiger partial charge in [0.05, 0.1) is 6.04 Å². The summed E-state index contributed by atoms with van der Waals surface area (Å²) in [5, 5.41) is 21.5. The van der Waals surface area contributed by atoms with Gasteiger partial charge < -0.3 is 32.1 Å². The number of likely N-dealkylation sites (N-methyl/N-ethyl adjacent to an activating group) is 1. The summed E-state index contributed by atoms with van der Waals surface area (Å²) in [5.74, 6) is -0.355. The number of nitrogens with two attached hydrogens (primary N) is 1. The topological polar surface area (TPSA) is 146 Å². The molecule has 4 unspecified atom stereocenters. The van der Waals surface area contributed by atoms with E-state index < -0.39 is 24.0 Å². The third kappa shape index (κ3) is 12.0. The van der Waals surface area contributed by atoms with Crippen LogP contribution in [0.3, 0.4) is 0 Å². The normalized spacial score (nSPS) is 14.6. The monoisotopic (exact) mass is 519 g/mol. The maximum atomic E-state index is 13.5. The van der Waals surface area contributed by atoms with Crippen LogP contribution in [0.2, 0.25) is 0 Å². The summed E-state index contributed by atoms with van der Waals surface area (Å²) in [5.41, 5.74) is 6.36. The molecule has 9 heteroatoms. The first-order valence-electron chi connectivity index (χ1n) is 13.6. The Hall–Kier alpha value is -2.65. The van der Waals surface area contributed by atoms with Gasteiger partial charge in [0.25, 0.3) is 0 Å². The molecule has 1 aromatic rings. The van der Waals surface area contributed by atoms with E-state index in [2.05, 4.69) is 35.1 Å². The predicted octanol–water partition coefficient (Wildman–Crippen LogP) is 2.22. The molecule has 7 N–H and O–H groups in total. The predicted molar refractivity (Wildman–Crippen MR) is 148 cm³/mol. The third-order valence-corrected chi connectivity index (χ3v) is 6.53.